The van der Waals surface area contributed by atoms with Crippen molar-refractivity contribution in [2.45, 2.75) is 133 Å². The van der Waals surface area contributed by atoms with Crippen molar-refractivity contribution in [2.75, 3.05) is 0 Å². The monoisotopic (exact) mass is 1500 g/mol. The van der Waals surface area contributed by atoms with Crippen molar-refractivity contribution in [1.29, 1.82) is 0 Å². The predicted molar refractivity (Wildman–Crippen MR) is 428 cm³/mol. The van der Waals surface area contributed by atoms with Gasteiger partial charge in [-0.2, -0.15) is 0 Å². The summed E-state index contributed by atoms with van der Waals surface area (Å²) in [5.41, 5.74) is 21.2. The van der Waals surface area contributed by atoms with Gasteiger partial charge < -0.3 is 70.0 Å². The summed E-state index contributed by atoms with van der Waals surface area (Å²) in [6.07, 6.45) is 3.61. The third-order valence-corrected chi connectivity index (χ3v) is 21.0. The van der Waals surface area contributed by atoms with Gasteiger partial charge in [0, 0.05) is 69.7 Å². The Hall–Kier alpha value is -11.2. The molecule has 4 aromatic heterocycles. The van der Waals surface area contributed by atoms with Gasteiger partial charge in [0.2, 0.25) is 54.7 Å². The molecule has 4 heterocycles. The number of aromatic nitrogens is 1. The van der Waals surface area contributed by atoms with Gasteiger partial charge in [0.25, 0.3) is 0 Å². The van der Waals surface area contributed by atoms with E-state index in [-0.39, 0.29) is 12.8 Å². The molecule has 16 N–H and O–H groups in total. The van der Waals surface area contributed by atoms with Crippen LogP contribution in [0.3, 0.4) is 0 Å². The summed E-state index contributed by atoms with van der Waals surface area (Å²) in [6, 6.07) is 56.8. The number of fused-ring (bicyclic) bond motifs is 6. The molecule has 554 valence electrons. The number of nitrogens with one attached hydrogen (secondary N) is 10. The average molecular weight is 1500 g/mol. The SMILES string of the molecule is CC(C)(N)C(=O)N[C@H](Cc1c[nH]c2ccccc12)C(=O)N[C@H](Cc1csc2ccccc12)NC=O.CC(C)(N)C(=O)N[C@H](Cc1ccc2ccccc2c1)C(=O)N[C@H](Cc1csc2ccccc12)NC=O.CC(C)(N)C(=O)N[C@H](Cc1csc2ccccc12)C(=O)N[C@H](Cc1cccc2ccccc12)NC=O. The lowest BCUT2D eigenvalue weighted by Crippen LogP contribution is -2.59. The number of rotatable bonds is 30. The largest absolute Gasteiger partial charge is 0.361 e. The van der Waals surface area contributed by atoms with Crippen LogP contribution in [-0.4, -0.2) is 113 Å². The highest BCUT2D eigenvalue weighted by atomic mass is 32.1. The maximum absolute atomic E-state index is 13.5. The van der Waals surface area contributed by atoms with Crippen LogP contribution in [-0.2, 0) is 81.7 Å². The Morgan fingerprint density at radius 2 is 0.720 bits per heavy atom. The first-order valence-corrected chi connectivity index (χ1v) is 37.5. The molecule has 0 saturated heterocycles. The number of para-hydroxylation sites is 1. The zero-order valence-corrected chi connectivity index (χ0v) is 62.6. The zero-order valence-electron chi connectivity index (χ0n) is 60.2. The van der Waals surface area contributed by atoms with E-state index in [0.717, 1.165) is 96.1 Å². The van der Waals surface area contributed by atoms with Crippen molar-refractivity contribution < 1.29 is 43.2 Å². The Bertz CT molecular complexity index is 5140. The molecule has 107 heavy (non-hydrogen) atoms. The van der Waals surface area contributed by atoms with Gasteiger partial charge in [-0.3, -0.25) is 43.2 Å². The topological polar surface area (TPSA) is 356 Å². The summed E-state index contributed by atoms with van der Waals surface area (Å²) in [5, 5.41) is 39.7. The minimum atomic E-state index is -1.16. The number of aromatic amines is 1. The molecular formula is C82H89N13O9S3. The third-order valence-electron chi connectivity index (χ3n) is 18.0. The van der Waals surface area contributed by atoms with E-state index in [1.807, 2.05) is 204 Å². The predicted octanol–water partition coefficient (Wildman–Crippen LogP) is 9.08. The van der Waals surface area contributed by atoms with Gasteiger partial charge in [0.1, 0.15) is 36.6 Å². The number of thiophene rings is 3. The second-order valence-electron chi connectivity index (χ2n) is 28.0. The third kappa shape index (κ3) is 21.1. The van der Waals surface area contributed by atoms with Crippen molar-refractivity contribution in [3.63, 3.8) is 0 Å². The number of carbonyl (C=O) groups is 9. The normalized spacial score (nSPS) is 13.2. The molecule has 0 radical (unpaired) electrons. The summed E-state index contributed by atoms with van der Waals surface area (Å²) in [4.78, 5) is 116. The number of carbonyl (C=O) groups excluding carboxylic acids is 9. The summed E-state index contributed by atoms with van der Waals surface area (Å²) in [7, 11) is 0. The minimum absolute atomic E-state index is 0.257. The first-order valence-electron chi connectivity index (χ1n) is 34.9. The number of hydrogen-bond acceptors (Lipinski definition) is 15. The summed E-state index contributed by atoms with van der Waals surface area (Å²) >= 11 is 4.81. The lowest BCUT2D eigenvalue weighted by atomic mass is 9.99. The molecule has 9 amide bonds. The Labute approximate surface area is 631 Å². The smallest absolute Gasteiger partial charge is 0.244 e. The maximum Gasteiger partial charge on any atom is 0.244 e. The lowest BCUT2D eigenvalue weighted by molar-refractivity contribution is -0.131. The summed E-state index contributed by atoms with van der Waals surface area (Å²) in [6.45, 7) is 9.53. The molecule has 12 rings (SSSR count). The fraction of sp³-hybridized carbons (Fsp3) is 0.256. The van der Waals surface area contributed by atoms with Gasteiger partial charge in [0.15, 0.2) is 0 Å². The Balaban J connectivity index is 0.000000172. The lowest BCUT2D eigenvalue weighted by Gasteiger charge is -2.26. The highest BCUT2D eigenvalue weighted by Gasteiger charge is 2.34. The van der Waals surface area contributed by atoms with Crippen molar-refractivity contribution in [3.8, 4) is 0 Å². The van der Waals surface area contributed by atoms with Gasteiger partial charge in [-0.15, -0.1) is 34.0 Å². The zero-order chi connectivity index (χ0) is 76.4. The van der Waals surface area contributed by atoms with Gasteiger partial charge in [-0.25, -0.2) is 0 Å². The van der Waals surface area contributed by atoms with E-state index in [1.54, 1.807) is 75.6 Å². The molecular weight excluding hydrogens is 1410 g/mol. The average Bonchev–Trinajstić information content (AvgIpc) is 1.77. The molecule has 22 nitrogen and oxygen atoms in total. The van der Waals surface area contributed by atoms with E-state index in [1.165, 1.54) is 0 Å². The molecule has 6 atom stereocenters. The van der Waals surface area contributed by atoms with Crippen LogP contribution < -0.4 is 65.1 Å². The van der Waals surface area contributed by atoms with Crippen LogP contribution in [0.2, 0.25) is 0 Å². The molecule has 0 bridgehead atoms. The van der Waals surface area contributed by atoms with Crippen LogP contribution in [0.1, 0.15) is 74.9 Å². The number of hydrogen-bond donors (Lipinski definition) is 13. The number of benzene rings is 8. The van der Waals surface area contributed by atoms with E-state index < -0.39 is 88.7 Å². The van der Waals surface area contributed by atoms with Crippen LogP contribution in [0.15, 0.2) is 204 Å². The van der Waals surface area contributed by atoms with E-state index in [0.29, 0.717) is 44.9 Å². The second-order valence-corrected chi connectivity index (χ2v) is 30.7. The molecule has 0 saturated carbocycles. The standard InChI is InChI=1S/2C28H30N4O3S.C26H29N5O3S/c1-28(2,29)27(35)31-23(14-20-16-36-24-13-6-5-12-22(20)24)26(34)32-25(30-17-33)15-19-10-7-9-18-8-3-4-11-21(18)19;1-28(2,29)27(35)31-23(14-18-11-12-19-7-3-4-8-20(19)13-18)26(34)32-25(30-17-33)15-21-16-36-24-10-6-5-9-22(21)24;1-26(2,27)25(34)30-21(11-16-13-28-20-9-5-3-7-18(16)20)24(33)31-23(29-15-32)12-17-14-35-22-10-6-4-8-19(17)22/h2*3-13,16-17,23,25H,14-15,29H2,1-2H3,(H,30,33)(H,31,35)(H,32,34);3-10,13-15,21,23,28H,11-12,27H2,1-2H3,(H,29,32)(H,30,34)(H,31,33)/t2*23-,25-;21-,23-/m111/s1. The molecule has 25 heteroatoms. The van der Waals surface area contributed by atoms with Crippen molar-refractivity contribution in [3.05, 3.63) is 238 Å². The Morgan fingerprint density at radius 1 is 0.364 bits per heavy atom. The molecule has 0 spiro atoms. The molecule has 0 aliphatic heterocycles. The molecule has 12 aromatic rings. The van der Waals surface area contributed by atoms with Crippen molar-refractivity contribution >= 4 is 151 Å². The van der Waals surface area contributed by atoms with Crippen LogP contribution in [0.25, 0.3) is 62.7 Å². The highest BCUT2D eigenvalue weighted by molar-refractivity contribution is 7.18. The van der Waals surface area contributed by atoms with Crippen LogP contribution in [0, 0.1) is 0 Å². The highest BCUT2D eigenvalue weighted by Crippen LogP contribution is 2.30. The molecule has 0 aliphatic rings. The number of amides is 9. The second kappa shape index (κ2) is 35.7. The Morgan fingerprint density at radius 3 is 1.17 bits per heavy atom. The van der Waals surface area contributed by atoms with Crippen LogP contribution >= 0.6 is 34.0 Å². The maximum atomic E-state index is 13.5. The van der Waals surface area contributed by atoms with Crippen molar-refractivity contribution in [1.82, 2.24) is 52.8 Å². The first kappa shape index (κ1) is 78.4. The molecule has 0 fully saturated rings. The number of nitrogens with two attached hydrogens (primary N) is 3. The van der Waals surface area contributed by atoms with E-state index >= 15 is 0 Å². The van der Waals surface area contributed by atoms with Gasteiger partial charge in [-0.1, -0.05) is 158 Å². The van der Waals surface area contributed by atoms with Crippen molar-refractivity contribution in [2.24, 2.45) is 17.2 Å². The van der Waals surface area contributed by atoms with Gasteiger partial charge >= 0.3 is 0 Å². The molecule has 0 aliphatic carbocycles. The quantitative estimate of drug-likeness (QED) is 0.0148. The summed E-state index contributed by atoms with van der Waals surface area (Å²) < 4.78 is 3.37. The minimum Gasteiger partial charge on any atom is -0.361 e. The van der Waals surface area contributed by atoms with Gasteiger partial charge in [0.05, 0.1) is 16.6 Å². The fourth-order valence-electron chi connectivity index (χ4n) is 12.2. The van der Waals surface area contributed by atoms with Crippen LogP contribution in [0.4, 0.5) is 0 Å². The van der Waals surface area contributed by atoms with Crippen LogP contribution in [0.5, 0.6) is 0 Å². The van der Waals surface area contributed by atoms with E-state index in [4.69, 9.17) is 17.2 Å². The molecule has 8 aromatic carbocycles. The molecule has 0 unspecified atom stereocenters. The van der Waals surface area contributed by atoms with E-state index in [9.17, 15) is 43.2 Å². The number of H-pyrrole nitrogens is 1. The Kier molecular flexibility index (Phi) is 26.2. The fourth-order valence-corrected chi connectivity index (χ4v) is 15.2. The summed E-state index contributed by atoms with van der Waals surface area (Å²) in [5.74, 6) is -2.53. The van der Waals surface area contributed by atoms with E-state index in [2.05, 4.69) is 52.8 Å². The first-order chi connectivity index (χ1) is 51.3. The van der Waals surface area contributed by atoms with Gasteiger partial charge in [-0.05, 0) is 153 Å².